The van der Waals surface area contributed by atoms with Gasteiger partial charge < -0.3 is 9.47 Å². The summed E-state index contributed by atoms with van der Waals surface area (Å²) in [5, 5.41) is 2.54. The number of hydrogen-bond acceptors (Lipinski definition) is 1. The zero-order valence-corrected chi connectivity index (χ0v) is 24.7. The van der Waals surface area contributed by atoms with E-state index < -0.39 is 0 Å². The van der Waals surface area contributed by atoms with Gasteiger partial charge in [0.2, 0.25) is 0 Å². The van der Waals surface area contributed by atoms with Gasteiger partial charge in [-0.1, -0.05) is 121 Å². The first-order chi connectivity index (χ1) is 22.2. The van der Waals surface area contributed by atoms with Crippen LogP contribution in [0.3, 0.4) is 0 Å². The Kier molecular flexibility index (Phi) is 6.77. The van der Waals surface area contributed by atoms with Crippen molar-refractivity contribution in [1.29, 1.82) is 0 Å². The summed E-state index contributed by atoms with van der Waals surface area (Å²) < 4.78 is 2.35. The summed E-state index contributed by atoms with van der Waals surface area (Å²) in [7, 11) is 6.05. The molecule has 0 aliphatic heterocycles. The van der Waals surface area contributed by atoms with Crippen molar-refractivity contribution >= 4 is 52.2 Å². The first kappa shape index (κ1) is 26.8. The van der Waals surface area contributed by atoms with Crippen LogP contribution in [0.15, 0.2) is 176 Å². The van der Waals surface area contributed by atoms with Crippen LogP contribution in [-0.4, -0.2) is 12.4 Å². The van der Waals surface area contributed by atoms with Crippen LogP contribution in [0.2, 0.25) is 0 Å². The largest absolute Gasteiger partial charge is 0.311 e. The predicted molar refractivity (Wildman–Crippen MR) is 192 cm³/mol. The van der Waals surface area contributed by atoms with Crippen LogP contribution >= 0.6 is 0 Å². The summed E-state index contributed by atoms with van der Waals surface area (Å²) in [4.78, 5) is 2.27. The van der Waals surface area contributed by atoms with Crippen molar-refractivity contribution in [1.82, 2.24) is 4.57 Å². The predicted octanol–water partition coefficient (Wildman–Crippen LogP) is 10.4. The minimum absolute atomic E-state index is 0.748. The molecule has 0 N–H and O–H groups in total. The highest BCUT2D eigenvalue weighted by Gasteiger charge is 2.14. The molecule has 0 fully saturated rings. The number of anilines is 3. The number of benzene rings is 7. The van der Waals surface area contributed by atoms with Crippen molar-refractivity contribution in [3.63, 3.8) is 0 Å². The lowest BCUT2D eigenvalue weighted by molar-refractivity contribution is 1.18. The van der Waals surface area contributed by atoms with Crippen molar-refractivity contribution < 1.29 is 0 Å². The van der Waals surface area contributed by atoms with Gasteiger partial charge in [0.15, 0.2) is 0 Å². The van der Waals surface area contributed by atoms with E-state index in [1.165, 1.54) is 44.1 Å². The Morgan fingerprint density at radius 1 is 0.356 bits per heavy atom. The Bertz CT molecular complexity index is 2180. The fourth-order valence-electron chi connectivity index (χ4n) is 6.31. The molecule has 3 heteroatoms. The van der Waals surface area contributed by atoms with Crippen molar-refractivity contribution in [2.45, 2.75) is 0 Å². The molecule has 0 aliphatic carbocycles. The van der Waals surface area contributed by atoms with E-state index in [2.05, 4.69) is 167 Å². The quantitative estimate of drug-likeness (QED) is 0.180. The molecule has 210 valence electrons. The third kappa shape index (κ3) is 4.99. The van der Waals surface area contributed by atoms with E-state index in [9.17, 15) is 0 Å². The van der Waals surface area contributed by atoms with E-state index in [1.807, 2.05) is 18.2 Å². The lowest BCUT2D eigenvalue weighted by Gasteiger charge is -2.26. The van der Waals surface area contributed by atoms with Gasteiger partial charge in [0, 0.05) is 33.5 Å². The highest BCUT2D eigenvalue weighted by molar-refractivity contribution is 6.32. The molecule has 8 rings (SSSR count). The van der Waals surface area contributed by atoms with Crippen LogP contribution < -0.4 is 10.4 Å². The fraction of sp³-hybridized carbons (Fsp3) is 0. The van der Waals surface area contributed by atoms with Gasteiger partial charge >= 0.3 is 0 Å². The summed E-state index contributed by atoms with van der Waals surface area (Å²) in [6, 6.07) is 62.2. The number of nitrogens with zero attached hydrogens (tertiary/aromatic N) is 2. The molecular formula is C42H29BN2. The normalized spacial score (nSPS) is 11.2. The van der Waals surface area contributed by atoms with Gasteiger partial charge in [-0.15, -0.1) is 0 Å². The SMILES string of the molecule is [B]c1ccc(N(c2ccc(-c3ccccc3)cc2)c2ccc(-c3ccc(-n4c5ccccc5c5ccccc54)cc3)cc2)cc1. The number of fused-ring (bicyclic) bond motifs is 3. The molecule has 0 atom stereocenters. The van der Waals surface area contributed by atoms with Gasteiger partial charge in [-0.2, -0.15) is 0 Å². The summed E-state index contributed by atoms with van der Waals surface area (Å²) in [5.74, 6) is 0. The molecule has 0 unspecified atom stereocenters. The van der Waals surface area contributed by atoms with Gasteiger partial charge in [-0.3, -0.25) is 0 Å². The second-order valence-electron chi connectivity index (χ2n) is 11.3. The maximum atomic E-state index is 6.05. The van der Waals surface area contributed by atoms with Crippen LogP contribution in [0.25, 0.3) is 49.7 Å². The highest BCUT2D eigenvalue weighted by Crippen LogP contribution is 2.37. The average molecular weight is 573 g/mol. The molecule has 0 saturated heterocycles. The van der Waals surface area contributed by atoms with Crippen LogP contribution in [-0.2, 0) is 0 Å². The molecule has 1 heterocycles. The van der Waals surface area contributed by atoms with E-state index in [4.69, 9.17) is 7.85 Å². The zero-order chi connectivity index (χ0) is 30.2. The first-order valence-electron chi connectivity index (χ1n) is 15.2. The molecular weight excluding hydrogens is 543 g/mol. The number of rotatable bonds is 6. The summed E-state index contributed by atoms with van der Waals surface area (Å²) in [5.41, 5.74) is 12.3. The van der Waals surface area contributed by atoms with E-state index in [0.29, 0.717) is 0 Å². The molecule has 2 nitrogen and oxygen atoms in total. The Labute approximate surface area is 264 Å². The van der Waals surface area contributed by atoms with Crippen molar-refractivity contribution in [2.24, 2.45) is 0 Å². The molecule has 0 aliphatic rings. The number of hydrogen-bond donors (Lipinski definition) is 0. The molecule has 8 aromatic rings. The number of aromatic nitrogens is 1. The second kappa shape index (κ2) is 11.4. The van der Waals surface area contributed by atoms with Gasteiger partial charge in [-0.05, 0) is 82.9 Å². The molecule has 2 radical (unpaired) electrons. The standard InChI is InChI=1S/C42H29BN2/c43-34-20-28-37(29-21-34)44(35-22-14-31(15-23-35)30-8-2-1-3-9-30)36-24-16-32(17-25-36)33-18-26-38(27-19-33)45-41-12-6-4-10-39(41)40-11-5-7-13-42(40)45/h1-29H. The van der Waals surface area contributed by atoms with Crippen molar-refractivity contribution in [2.75, 3.05) is 4.90 Å². The third-order valence-electron chi connectivity index (χ3n) is 8.55. The minimum Gasteiger partial charge on any atom is -0.311 e. The highest BCUT2D eigenvalue weighted by atomic mass is 15.1. The Balaban J connectivity index is 1.12. The first-order valence-corrected chi connectivity index (χ1v) is 15.2. The lowest BCUT2D eigenvalue weighted by Crippen LogP contribution is -2.11. The van der Waals surface area contributed by atoms with Crippen molar-refractivity contribution in [3.8, 4) is 27.9 Å². The average Bonchev–Trinajstić information content (AvgIpc) is 3.45. The van der Waals surface area contributed by atoms with Gasteiger partial charge in [-0.25, -0.2) is 0 Å². The fourth-order valence-corrected chi connectivity index (χ4v) is 6.31. The topological polar surface area (TPSA) is 8.17 Å². The molecule has 0 saturated carbocycles. The van der Waals surface area contributed by atoms with E-state index in [0.717, 1.165) is 28.2 Å². The zero-order valence-electron chi connectivity index (χ0n) is 24.7. The summed E-state index contributed by atoms with van der Waals surface area (Å²) in [6.45, 7) is 0. The maximum absolute atomic E-state index is 6.05. The monoisotopic (exact) mass is 572 g/mol. The smallest absolute Gasteiger partial charge is 0.113 e. The molecule has 0 spiro atoms. The third-order valence-corrected chi connectivity index (χ3v) is 8.55. The maximum Gasteiger partial charge on any atom is 0.113 e. The van der Waals surface area contributed by atoms with Crippen LogP contribution in [0, 0.1) is 0 Å². The Morgan fingerprint density at radius 3 is 1.22 bits per heavy atom. The van der Waals surface area contributed by atoms with E-state index >= 15 is 0 Å². The van der Waals surface area contributed by atoms with Gasteiger partial charge in [0.05, 0.1) is 11.0 Å². The van der Waals surface area contributed by atoms with E-state index in [1.54, 1.807) is 0 Å². The lowest BCUT2D eigenvalue weighted by atomic mass is 9.96. The van der Waals surface area contributed by atoms with Crippen LogP contribution in [0.5, 0.6) is 0 Å². The molecule has 0 bridgehead atoms. The van der Waals surface area contributed by atoms with E-state index in [-0.39, 0.29) is 0 Å². The molecule has 45 heavy (non-hydrogen) atoms. The van der Waals surface area contributed by atoms with Crippen LogP contribution in [0.1, 0.15) is 0 Å². The molecule has 7 aromatic carbocycles. The number of para-hydroxylation sites is 2. The Hall–Kier alpha value is -5.80. The molecule has 0 amide bonds. The summed E-state index contributed by atoms with van der Waals surface area (Å²) >= 11 is 0. The van der Waals surface area contributed by atoms with Gasteiger partial charge in [0.1, 0.15) is 7.85 Å². The van der Waals surface area contributed by atoms with Gasteiger partial charge in [0.25, 0.3) is 0 Å². The Morgan fingerprint density at radius 2 is 0.733 bits per heavy atom. The van der Waals surface area contributed by atoms with Crippen LogP contribution in [0.4, 0.5) is 17.1 Å². The minimum atomic E-state index is 0.748. The summed E-state index contributed by atoms with van der Waals surface area (Å²) in [6.07, 6.45) is 0. The van der Waals surface area contributed by atoms with Crippen molar-refractivity contribution in [3.05, 3.63) is 176 Å². The molecule has 1 aromatic heterocycles. The second-order valence-corrected chi connectivity index (χ2v) is 11.3.